The molecule has 2 heterocycles. The van der Waals surface area contributed by atoms with Crippen molar-refractivity contribution in [1.29, 1.82) is 0 Å². The first-order chi connectivity index (χ1) is 17.8. The molecule has 7 nitrogen and oxygen atoms in total. The lowest BCUT2D eigenvalue weighted by Crippen LogP contribution is -2.49. The number of benzene rings is 2. The Bertz CT molecular complexity index is 1250. The normalized spacial score (nSPS) is 24.7. The molecule has 4 rings (SSSR count). The van der Waals surface area contributed by atoms with E-state index in [-0.39, 0.29) is 35.2 Å². The number of aliphatic hydroxyl groups is 2. The summed E-state index contributed by atoms with van der Waals surface area (Å²) in [7, 11) is 0. The zero-order valence-corrected chi connectivity index (χ0v) is 22.8. The molecular formula is C27H31Cl2F2N3O4. The minimum Gasteiger partial charge on any atom is -0.396 e. The van der Waals surface area contributed by atoms with Crippen molar-refractivity contribution in [2.75, 3.05) is 25.1 Å². The summed E-state index contributed by atoms with van der Waals surface area (Å²) in [5, 5.41) is 27.5. The summed E-state index contributed by atoms with van der Waals surface area (Å²) in [6.45, 7) is 5.29. The maximum atomic E-state index is 14.9. The predicted molar refractivity (Wildman–Crippen MR) is 141 cm³/mol. The van der Waals surface area contributed by atoms with E-state index in [1.54, 1.807) is 0 Å². The number of hydrogen-bond donors (Lipinski definition) is 5. The molecule has 1 saturated heterocycles. The summed E-state index contributed by atoms with van der Waals surface area (Å²) in [6, 6.07) is 4.93. The monoisotopic (exact) mass is 569 g/mol. The summed E-state index contributed by atoms with van der Waals surface area (Å²) in [6.07, 6.45) is 0.426. The second-order valence-electron chi connectivity index (χ2n) is 11.2. The molecule has 0 aliphatic carbocycles. The number of carbonyl (C=O) groups is 2. The van der Waals surface area contributed by atoms with Crippen LogP contribution in [0, 0.1) is 23.0 Å². The summed E-state index contributed by atoms with van der Waals surface area (Å²) in [4.78, 5) is 27.7. The van der Waals surface area contributed by atoms with Gasteiger partial charge in [-0.15, -0.1) is 0 Å². The van der Waals surface area contributed by atoms with E-state index in [1.807, 2.05) is 20.8 Å². The van der Waals surface area contributed by atoms with Crippen LogP contribution < -0.4 is 16.0 Å². The highest BCUT2D eigenvalue weighted by Crippen LogP contribution is 2.57. The second-order valence-corrected chi connectivity index (χ2v) is 12.0. The van der Waals surface area contributed by atoms with Gasteiger partial charge >= 0.3 is 0 Å². The summed E-state index contributed by atoms with van der Waals surface area (Å²) >= 11 is 12.2. The Morgan fingerprint density at radius 2 is 1.76 bits per heavy atom. The molecule has 38 heavy (non-hydrogen) atoms. The van der Waals surface area contributed by atoms with Gasteiger partial charge in [0.1, 0.15) is 17.0 Å². The molecule has 1 spiro atoms. The Kier molecular flexibility index (Phi) is 8.08. The van der Waals surface area contributed by atoms with Crippen molar-refractivity contribution in [3.63, 3.8) is 0 Å². The maximum absolute atomic E-state index is 14.9. The predicted octanol–water partition coefficient (Wildman–Crippen LogP) is 3.74. The van der Waals surface area contributed by atoms with Crippen molar-refractivity contribution in [2.45, 2.75) is 50.6 Å². The Balaban J connectivity index is 1.93. The van der Waals surface area contributed by atoms with Crippen LogP contribution in [-0.4, -0.2) is 53.9 Å². The molecule has 206 valence electrons. The number of carbonyl (C=O) groups excluding carboxylic acids is 2. The van der Waals surface area contributed by atoms with Gasteiger partial charge in [-0.25, -0.2) is 8.78 Å². The van der Waals surface area contributed by atoms with E-state index in [9.17, 15) is 28.6 Å². The molecule has 0 unspecified atom stereocenters. The highest BCUT2D eigenvalue weighted by Gasteiger charge is 2.66. The molecule has 1 fully saturated rings. The fourth-order valence-electron chi connectivity index (χ4n) is 5.68. The van der Waals surface area contributed by atoms with E-state index in [0.717, 1.165) is 0 Å². The number of amides is 2. The minimum atomic E-state index is -1.47. The SMILES string of the molecule is CC(C)(C)C[C@H]1N[C@@H](C(=O)NCC(CO)CO)[C@H](c2ccc(F)c(Cl)c2)[C@@]12C(=O)Nc1cc(Cl)c(F)cc12. The van der Waals surface area contributed by atoms with Gasteiger partial charge < -0.3 is 26.2 Å². The van der Waals surface area contributed by atoms with E-state index >= 15 is 0 Å². The zero-order valence-electron chi connectivity index (χ0n) is 21.2. The standard InChI is InChI=1S/C27H31Cl2F2N3O4/c1-26(2,3)9-21-27(15-7-19(31)17(29)8-20(15)33-25(27)38)22(14-4-5-18(30)16(28)6-14)23(34-21)24(37)32-10-13(11-35)12-36/h4-8,13,21-23,34-36H,9-12H2,1-3H3,(H,32,37)(H,33,38)/t21-,22+,23-,27+/m1/s1. The van der Waals surface area contributed by atoms with E-state index in [1.165, 1.54) is 30.3 Å². The van der Waals surface area contributed by atoms with Crippen LogP contribution in [-0.2, 0) is 15.0 Å². The third kappa shape index (κ3) is 5.02. The van der Waals surface area contributed by atoms with Crippen LogP contribution in [0.3, 0.4) is 0 Å². The molecule has 2 aromatic rings. The number of aliphatic hydroxyl groups excluding tert-OH is 2. The maximum Gasteiger partial charge on any atom is 0.237 e. The molecule has 2 aromatic carbocycles. The first kappa shape index (κ1) is 28.7. The first-order valence-corrected chi connectivity index (χ1v) is 13.1. The third-order valence-electron chi connectivity index (χ3n) is 7.37. The van der Waals surface area contributed by atoms with Crippen LogP contribution in [0.1, 0.15) is 44.2 Å². The van der Waals surface area contributed by atoms with Crippen molar-refractivity contribution in [3.05, 3.63) is 63.1 Å². The molecular weight excluding hydrogens is 539 g/mol. The lowest BCUT2D eigenvalue weighted by atomic mass is 9.62. The van der Waals surface area contributed by atoms with Crippen LogP contribution in [0.4, 0.5) is 14.5 Å². The van der Waals surface area contributed by atoms with Gasteiger partial charge in [-0.05, 0) is 47.2 Å². The molecule has 0 saturated carbocycles. The number of hydrogen-bond acceptors (Lipinski definition) is 5. The van der Waals surface area contributed by atoms with Gasteiger partial charge in [-0.2, -0.15) is 0 Å². The van der Waals surface area contributed by atoms with E-state index in [0.29, 0.717) is 23.2 Å². The van der Waals surface area contributed by atoms with Crippen molar-refractivity contribution in [2.24, 2.45) is 11.3 Å². The van der Waals surface area contributed by atoms with Crippen LogP contribution in [0.25, 0.3) is 0 Å². The fourth-order valence-corrected chi connectivity index (χ4v) is 6.03. The average molecular weight is 570 g/mol. The smallest absolute Gasteiger partial charge is 0.237 e. The third-order valence-corrected chi connectivity index (χ3v) is 7.95. The first-order valence-electron chi connectivity index (χ1n) is 12.3. The summed E-state index contributed by atoms with van der Waals surface area (Å²) in [5.41, 5.74) is -0.685. The molecule has 0 aromatic heterocycles. The Hall–Kier alpha value is -2.30. The number of halogens is 4. The van der Waals surface area contributed by atoms with E-state index in [4.69, 9.17) is 23.2 Å². The average Bonchev–Trinajstić information content (AvgIpc) is 3.31. The largest absolute Gasteiger partial charge is 0.396 e. The quantitative estimate of drug-likeness (QED) is 0.349. The summed E-state index contributed by atoms with van der Waals surface area (Å²) < 4.78 is 29.1. The highest BCUT2D eigenvalue weighted by molar-refractivity contribution is 6.31. The molecule has 0 radical (unpaired) electrons. The van der Waals surface area contributed by atoms with Gasteiger partial charge in [-0.1, -0.05) is 50.0 Å². The van der Waals surface area contributed by atoms with Crippen molar-refractivity contribution < 1.29 is 28.6 Å². The fraction of sp³-hybridized carbons (Fsp3) is 0.481. The molecule has 4 atom stereocenters. The lowest BCUT2D eigenvalue weighted by Gasteiger charge is -2.37. The molecule has 0 bridgehead atoms. The molecule has 5 N–H and O–H groups in total. The van der Waals surface area contributed by atoms with Crippen LogP contribution in [0.2, 0.25) is 10.0 Å². The van der Waals surface area contributed by atoms with Gasteiger partial charge in [0.05, 0.1) is 16.1 Å². The Morgan fingerprint density at radius 1 is 1.11 bits per heavy atom. The van der Waals surface area contributed by atoms with Crippen LogP contribution >= 0.6 is 23.2 Å². The topological polar surface area (TPSA) is 111 Å². The lowest BCUT2D eigenvalue weighted by molar-refractivity contribution is -0.124. The molecule has 2 aliphatic heterocycles. The van der Waals surface area contributed by atoms with Crippen LogP contribution in [0.5, 0.6) is 0 Å². The molecule has 2 aliphatic rings. The highest BCUT2D eigenvalue weighted by atomic mass is 35.5. The van der Waals surface area contributed by atoms with Gasteiger partial charge in [0.2, 0.25) is 11.8 Å². The number of nitrogens with one attached hydrogen (secondary N) is 3. The van der Waals surface area contributed by atoms with Gasteiger partial charge in [0.15, 0.2) is 0 Å². The Labute approximate surface area is 229 Å². The van der Waals surface area contributed by atoms with Crippen molar-refractivity contribution in [1.82, 2.24) is 10.6 Å². The van der Waals surface area contributed by atoms with Crippen molar-refractivity contribution in [3.8, 4) is 0 Å². The van der Waals surface area contributed by atoms with E-state index < -0.39 is 52.8 Å². The molecule has 2 amide bonds. The second kappa shape index (κ2) is 10.7. The minimum absolute atomic E-state index is 0.00906. The van der Waals surface area contributed by atoms with Gasteiger partial charge in [-0.3, -0.25) is 9.59 Å². The number of rotatable bonds is 7. The van der Waals surface area contributed by atoms with Crippen molar-refractivity contribution >= 4 is 40.7 Å². The summed E-state index contributed by atoms with van der Waals surface area (Å²) in [5.74, 6) is -3.81. The number of anilines is 1. The van der Waals surface area contributed by atoms with E-state index in [2.05, 4.69) is 16.0 Å². The Morgan fingerprint density at radius 3 is 2.37 bits per heavy atom. The number of fused-ring (bicyclic) bond motifs is 2. The van der Waals surface area contributed by atoms with Gasteiger partial charge in [0.25, 0.3) is 0 Å². The van der Waals surface area contributed by atoms with Gasteiger partial charge in [0, 0.05) is 43.3 Å². The molecule has 11 heteroatoms. The zero-order chi connectivity index (χ0) is 28.0. The van der Waals surface area contributed by atoms with Crippen LogP contribution in [0.15, 0.2) is 30.3 Å².